The van der Waals surface area contributed by atoms with Gasteiger partial charge in [-0.2, -0.15) is 0 Å². The lowest BCUT2D eigenvalue weighted by Gasteiger charge is -2.20. The summed E-state index contributed by atoms with van der Waals surface area (Å²) in [6.07, 6.45) is -0.200. The van der Waals surface area contributed by atoms with E-state index in [9.17, 15) is 4.79 Å². The number of hydrogen-bond acceptors (Lipinski definition) is 3. The summed E-state index contributed by atoms with van der Waals surface area (Å²) in [5, 5.41) is 0. The zero-order valence-electron chi connectivity index (χ0n) is 10.9. The van der Waals surface area contributed by atoms with Crippen LogP contribution in [0.15, 0.2) is 24.3 Å². The molecule has 0 saturated heterocycles. The first-order valence-corrected chi connectivity index (χ1v) is 5.81. The summed E-state index contributed by atoms with van der Waals surface area (Å²) in [4.78, 5) is 11.9. The van der Waals surface area contributed by atoms with Gasteiger partial charge in [-0.25, -0.2) is 4.79 Å². The maximum atomic E-state index is 11.9. The predicted octanol–water partition coefficient (Wildman–Crippen LogP) is 2.82. The van der Waals surface area contributed by atoms with Crippen LogP contribution in [0.5, 0.6) is 0 Å². The van der Waals surface area contributed by atoms with Gasteiger partial charge in [0.05, 0.1) is 12.2 Å². The molecule has 1 unspecified atom stereocenters. The largest absolute Gasteiger partial charge is 0.456 e. The molecule has 1 rings (SSSR count). The maximum absolute atomic E-state index is 11.9. The van der Waals surface area contributed by atoms with Crippen LogP contribution in [0.25, 0.3) is 0 Å². The molecule has 0 bridgehead atoms. The Bertz CT molecular complexity index is 354. The lowest BCUT2D eigenvalue weighted by atomic mass is 10.1. The quantitative estimate of drug-likeness (QED) is 0.737. The molecule has 0 saturated carbocycles. The normalized spacial score (nSPS) is 12.5. The van der Waals surface area contributed by atoms with Crippen LogP contribution in [0.3, 0.4) is 0 Å². The van der Waals surface area contributed by atoms with Crippen molar-refractivity contribution in [3.8, 4) is 0 Å². The van der Waals surface area contributed by atoms with E-state index in [4.69, 9.17) is 9.47 Å². The highest BCUT2D eigenvalue weighted by atomic mass is 16.6. The molecule has 0 aromatic heterocycles. The third-order valence-electron chi connectivity index (χ3n) is 2.62. The number of ether oxygens (including phenoxy) is 2. The van der Waals surface area contributed by atoms with E-state index >= 15 is 0 Å². The van der Waals surface area contributed by atoms with Crippen molar-refractivity contribution in [3.63, 3.8) is 0 Å². The van der Waals surface area contributed by atoms with E-state index in [2.05, 4.69) is 0 Å². The molecular weight excluding hydrogens is 216 g/mol. The number of esters is 1. The summed E-state index contributed by atoms with van der Waals surface area (Å²) < 4.78 is 10.5. The smallest absolute Gasteiger partial charge is 0.338 e. The fourth-order valence-corrected chi connectivity index (χ4v) is 1.42. The highest BCUT2D eigenvalue weighted by Crippen LogP contribution is 2.11. The number of hydrogen-bond donors (Lipinski definition) is 0. The lowest BCUT2D eigenvalue weighted by Crippen LogP contribution is -2.28. The first-order valence-electron chi connectivity index (χ1n) is 5.81. The Morgan fingerprint density at radius 3 is 2.29 bits per heavy atom. The van der Waals surface area contributed by atoms with Gasteiger partial charge in [0.15, 0.2) is 0 Å². The van der Waals surface area contributed by atoms with Crippen molar-refractivity contribution in [1.29, 1.82) is 0 Å². The van der Waals surface area contributed by atoms with Gasteiger partial charge in [0.2, 0.25) is 0 Å². The van der Waals surface area contributed by atoms with E-state index in [0.717, 1.165) is 5.56 Å². The van der Waals surface area contributed by atoms with Crippen molar-refractivity contribution in [3.05, 3.63) is 35.4 Å². The van der Waals surface area contributed by atoms with E-state index < -0.39 is 0 Å². The van der Waals surface area contributed by atoms with Gasteiger partial charge in [0, 0.05) is 7.11 Å². The molecule has 1 aromatic carbocycles. The molecule has 0 fully saturated rings. The lowest BCUT2D eigenvalue weighted by molar-refractivity contribution is -0.0102. The predicted molar refractivity (Wildman–Crippen MR) is 67.1 cm³/mol. The Morgan fingerprint density at radius 1 is 1.24 bits per heavy atom. The van der Waals surface area contributed by atoms with Crippen LogP contribution in [-0.2, 0) is 9.47 Å². The first-order chi connectivity index (χ1) is 8.04. The van der Waals surface area contributed by atoms with Gasteiger partial charge < -0.3 is 9.47 Å². The SMILES string of the molecule is COCC(OC(=O)c1ccc(C)cc1)C(C)C. The van der Waals surface area contributed by atoms with Crippen LogP contribution in [0, 0.1) is 12.8 Å². The molecule has 3 heteroatoms. The van der Waals surface area contributed by atoms with E-state index in [-0.39, 0.29) is 18.0 Å². The molecule has 0 aliphatic rings. The molecule has 0 amide bonds. The van der Waals surface area contributed by atoms with Crippen LogP contribution in [0.2, 0.25) is 0 Å². The molecule has 17 heavy (non-hydrogen) atoms. The number of carbonyl (C=O) groups excluding carboxylic acids is 1. The zero-order chi connectivity index (χ0) is 12.8. The summed E-state index contributed by atoms with van der Waals surface area (Å²) in [6.45, 7) is 6.42. The first kappa shape index (κ1) is 13.7. The third kappa shape index (κ3) is 4.19. The van der Waals surface area contributed by atoms with Gasteiger partial charge >= 0.3 is 5.97 Å². The molecule has 1 aromatic rings. The molecule has 0 radical (unpaired) electrons. The Hall–Kier alpha value is -1.35. The van der Waals surface area contributed by atoms with Crippen LogP contribution in [0.4, 0.5) is 0 Å². The van der Waals surface area contributed by atoms with Crippen molar-refractivity contribution in [2.75, 3.05) is 13.7 Å². The van der Waals surface area contributed by atoms with Gasteiger partial charge in [0.25, 0.3) is 0 Å². The highest BCUT2D eigenvalue weighted by Gasteiger charge is 2.19. The van der Waals surface area contributed by atoms with Crippen molar-refractivity contribution in [2.45, 2.75) is 26.9 Å². The van der Waals surface area contributed by atoms with Crippen molar-refractivity contribution in [1.82, 2.24) is 0 Å². The van der Waals surface area contributed by atoms with Crippen LogP contribution in [-0.4, -0.2) is 25.8 Å². The number of carbonyl (C=O) groups is 1. The van der Waals surface area contributed by atoms with E-state index in [1.165, 1.54) is 0 Å². The maximum Gasteiger partial charge on any atom is 0.338 e. The Kier molecular flexibility index (Phi) is 5.16. The Labute approximate surface area is 103 Å². The van der Waals surface area contributed by atoms with Gasteiger partial charge in [-0.3, -0.25) is 0 Å². The number of aryl methyl sites for hydroxylation is 1. The van der Waals surface area contributed by atoms with Gasteiger partial charge in [-0.15, -0.1) is 0 Å². The molecular formula is C14H20O3. The summed E-state index contributed by atoms with van der Waals surface area (Å²) >= 11 is 0. The molecule has 0 spiro atoms. The Morgan fingerprint density at radius 2 is 1.82 bits per heavy atom. The Balaban J connectivity index is 2.66. The molecule has 0 aliphatic heterocycles. The van der Waals surface area contributed by atoms with Crippen molar-refractivity contribution < 1.29 is 14.3 Å². The average molecular weight is 236 g/mol. The van der Waals surface area contributed by atoms with E-state index in [0.29, 0.717) is 12.2 Å². The summed E-state index contributed by atoms with van der Waals surface area (Å²) in [5.41, 5.74) is 1.70. The number of rotatable bonds is 5. The fraction of sp³-hybridized carbons (Fsp3) is 0.500. The van der Waals surface area contributed by atoms with Crippen LogP contribution in [0.1, 0.15) is 29.8 Å². The summed E-state index contributed by atoms with van der Waals surface area (Å²) in [6, 6.07) is 7.36. The van der Waals surface area contributed by atoms with Crippen LogP contribution >= 0.6 is 0 Å². The monoisotopic (exact) mass is 236 g/mol. The second kappa shape index (κ2) is 6.40. The van der Waals surface area contributed by atoms with Gasteiger partial charge in [0.1, 0.15) is 6.10 Å². The minimum absolute atomic E-state index is 0.200. The molecule has 0 aliphatic carbocycles. The van der Waals surface area contributed by atoms with Crippen LogP contribution < -0.4 is 0 Å². The standard InChI is InChI=1S/C14H20O3/c1-10(2)13(9-16-4)17-14(15)12-7-5-11(3)6-8-12/h5-8,10,13H,9H2,1-4H3. The average Bonchev–Trinajstić information content (AvgIpc) is 2.29. The second-order valence-corrected chi connectivity index (χ2v) is 4.51. The van der Waals surface area contributed by atoms with Gasteiger partial charge in [-0.1, -0.05) is 31.5 Å². The topological polar surface area (TPSA) is 35.5 Å². The molecule has 0 heterocycles. The van der Waals surface area contributed by atoms with E-state index in [1.54, 1.807) is 19.2 Å². The van der Waals surface area contributed by atoms with Crippen molar-refractivity contribution in [2.24, 2.45) is 5.92 Å². The van der Waals surface area contributed by atoms with Gasteiger partial charge in [-0.05, 0) is 25.0 Å². The van der Waals surface area contributed by atoms with E-state index in [1.807, 2.05) is 32.9 Å². The molecule has 0 N–H and O–H groups in total. The summed E-state index contributed by atoms with van der Waals surface area (Å²) in [5.74, 6) is -0.0508. The molecule has 94 valence electrons. The highest BCUT2D eigenvalue weighted by molar-refractivity contribution is 5.89. The molecule has 1 atom stereocenters. The molecule has 3 nitrogen and oxygen atoms in total. The number of benzene rings is 1. The summed E-state index contributed by atoms with van der Waals surface area (Å²) in [7, 11) is 1.61. The minimum Gasteiger partial charge on any atom is -0.456 e. The van der Waals surface area contributed by atoms with Crippen molar-refractivity contribution >= 4 is 5.97 Å². The second-order valence-electron chi connectivity index (χ2n) is 4.51. The zero-order valence-corrected chi connectivity index (χ0v) is 10.9. The minimum atomic E-state index is -0.291. The number of methoxy groups -OCH3 is 1. The third-order valence-corrected chi connectivity index (χ3v) is 2.62. The fourth-order valence-electron chi connectivity index (χ4n) is 1.42.